The molecule has 0 atom stereocenters. The normalized spacial score (nSPS) is 10.5. The van der Waals surface area contributed by atoms with Crippen molar-refractivity contribution in [1.82, 2.24) is 9.78 Å². The lowest BCUT2D eigenvalue weighted by atomic mass is 10.2. The second-order valence-electron chi connectivity index (χ2n) is 6.02. The first-order chi connectivity index (χ1) is 12.8. The molecule has 0 radical (unpaired) electrons. The van der Waals surface area contributed by atoms with Crippen LogP contribution in [0.3, 0.4) is 0 Å². The minimum Gasteiger partial charge on any atom is -0.491 e. The molecule has 5 nitrogen and oxygen atoms in total. The van der Waals surface area contributed by atoms with E-state index in [1.807, 2.05) is 65.5 Å². The molecular weight excluding hydrogens is 326 g/mol. The van der Waals surface area contributed by atoms with Gasteiger partial charge in [-0.05, 0) is 42.7 Å². The van der Waals surface area contributed by atoms with E-state index in [1.54, 1.807) is 6.20 Å². The highest BCUT2D eigenvalue weighted by Crippen LogP contribution is 2.24. The summed E-state index contributed by atoms with van der Waals surface area (Å²) in [7, 11) is 0. The van der Waals surface area contributed by atoms with Crippen LogP contribution in [0.25, 0.3) is 5.69 Å². The molecule has 0 saturated heterocycles. The molecule has 0 aliphatic rings. The zero-order valence-corrected chi connectivity index (χ0v) is 14.9. The summed E-state index contributed by atoms with van der Waals surface area (Å²) in [6.07, 6.45) is 5.71. The van der Waals surface area contributed by atoms with Crippen LogP contribution in [0, 0.1) is 0 Å². The fourth-order valence-electron chi connectivity index (χ4n) is 2.59. The Morgan fingerprint density at radius 3 is 2.69 bits per heavy atom. The first-order valence-corrected chi connectivity index (χ1v) is 8.87. The first-order valence-electron chi connectivity index (χ1n) is 8.87. The van der Waals surface area contributed by atoms with Crippen molar-refractivity contribution in [3.63, 3.8) is 0 Å². The summed E-state index contributed by atoms with van der Waals surface area (Å²) in [5.41, 5.74) is 2.75. The average Bonchev–Trinajstić information content (AvgIpc) is 3.15. The molecule has 0 saturated carbocycles. The largest absolute Gasteiger partial charge is 0.491 e. The molecule has 0 spiro atoms. The third-order valence-corrected chi connectivity index (χ3v) is 3.92. The van der Waals surface area contributed by atoms with Crippen molar-refractivity contribution in [2.45, 2.75) is 26.2 Å². The second kappa shape index (κ2) is 8.85. The Labute approximate surface area is 153 Å². The smallest absolute Gasteiger partial charge is 0.224 e. The number of hydrogen-bond acceptors (Lipinski definition) is 3. The molecule has 3 rings (SSSR count). The highest BCUT2D eigenvalue weighted by Gasteiger charge is 2.09. The van der Waals surface area contributed by atoms with Gasteiger partial charge in [-0.3, -0.25) is 4.79 Å². The SMILES string of the molecule is CCCOc1ccccc1NC(=O)CCc1cnn(-c2ccccc2)c1. The van der Waals surface area contributed by atoms with Crippen molar-refractivity contribution in [3.05, 3.63) is 72.6 Å². The molecule has 0 bridgehead atoms. The van der Waals surface area contributed by atoms with Crippen LogP contribution < -0.4 is 10.1 Å². The molecule has 1 amide bonds. The highest BCUT2D eigenvalue weighted by molar-refractivity contribution is 5.92. The molecule has 5 heteroatoms. The van der Waals surface area contributed by atoms with Crippen LogP contribution in [0.15, 0.2) is 67.0 Å². The first kappa shape index (κ1) is 17.7. The second-order valence-corrected chi connectivity index (χ2v) is 6.02. The number of hydrogen-bond donors (Lipinski definition) is 1. The molecule has 0 aliphatic heterocycles. The van der Waals surface area contributed by atoms with Gasteiger partial charge in [0.15, 0.2) is 0 Å². The standard InChI is InChI=1S/C21H23N3O2/c1-2-14-26-20-11-7-6-10-19(20)23-21(25)13-12-17-15-22-24(16-17)18-8-4-3-5-9-18/h3-11,15-16H,2,12-14H2,1H3,(H,23,25). The minimum atomic E-state index is -0.0370. The summed E-state index contributed by atoms with van der Waals surface area (Å²) in [6.45, 7) is 2.68. The number of para-hydroxylation sites is 3. The fourth-order valence-corrected chi connectivity index (χ4v) is 2.59. The van der Waals surface area contributed by atoms with Crippen LogP contribution in [-0.4, -0.2) is 22.3 Å². The Morgan fingerprint density at radius 1 is 1.12 bits per heavy atom. The molecule has 1 N–H and O–H groups in total. The van der Waals surface area contributed by atoms with Crippen LogP contribution in [0.5, 0.6) is 5.75 Å². The number of ether oxygens (including phenoxy) is 1. The van der Waals surface area contributed by atoms with Crippen molar-refractivity contribution >= 4 is 11.6 Å². The van der Waals surface area contributed by atoms with Crippen molar-refractivity contribution in [2.24, 2.45) is 0 Å². The molecule has 3 aromatic rings. The third-order valence-electron chi connectivity index (χ3n) is 3.92. The summed E-state index contributed by atoms with van der Waals surface area (Å²) in [4.78, 5) is 12.3. The lowest BCUT2D eigenvalue weighted by Crippen LogP contribution is -2.13. The molecule has 2 aromatic carbocycles. The number of amides is 1. The summed E-state index contributed by atoms with van der Waals surface area (Å²) in [6, 6.07) is 17.4. The van der Waals surface area contributed by atoms with E-state index in [9.17, 15) is 4.79 Å². The molecule has 0 unspecified atom stereocenters. The number of carbonyl (C=O) groups is 1. The van der Waals surface area contributed by atoms with Crippen molar-refractivity contribution in [3.8, 4) is 11.4 Å². The Hall–Kier alpha value is -3.08. The lowest BCUT2D eigenvalue weighted by molar-refractivity contribution is -0.116. The van der Waals surface area contributed by atoms with Gasteiger partial charge in [-0.25, -0.2) is 4.68 Å². The number of carbonyl (C=O) groups excluding carboxylic acids is 1. The predicted octanol–water partition coefficient (Wildman–Crippen LogP) is 4.23. The number of aromatic nitrogens is 2. The number of anilines is 1. The molecule has 0 fully saturated rings. The summed E-state index contributed by atoms with van der Waals surface area (Å²) in [5.74, 6) is 0.671. The van der Waals surface area contributed by atoms with Gasteiger partial charge >= 0.3 is 0 Å². The predicted molar refractivity (Wildman–Crippen MR) is 103 cm³/mol. The number of nitrogens with zero attached hydrogens (tertiary/aromatic N) is 2. The minimum absolute atomic E-state index is 0.0370. The van der Waals surface area contributed by atoms with Gasteiger partial charge in [0.1, 0.15) is 5.75 Å². The monoisotopic (exact) mass is 349 g/mol. The van der Waals surface area contributed by atoms with E-state index in [0.29, 0.717) is 30.9 Å². The lowest BCUT2D eigenvalue weighted by Gasteiger charge is -2.11. The van der Waals surface area contributed by atoms with Crippen molar-refractivity contribution in [2.75, 3.05) is 11.9 Å². The van der Waals surface area contributed by atoms with Crippen LogP contribution in [0.2, 0.25) is 0 Å². The Morgan fingerprint density at radius 2 is 1.88 bits per heavy atom. The summed E-state index contributed by atoms with van der Waals surface area (Å²) < 4.78 is 7.49. The zero-order chi connectivity index (χ0) is 18.2. The van der Waals surface area contributed by atoms with Gasteiger partial charge in [0.05, 0.1) is 24.2 Å². The van der Waals surface area contributed by atoms with Crippen LogP contribution in [-0.2, 0) is 11.2 Å². The maximum atomic E-state index is 12.3. The quantitative estimate of drug-likeness (QED) is 0.662. The van der Waals surface area contributed by atoms with Gasteiger partial charge in [-0.1, -0.05) is 37.3 Å². The fraction of sp³-hybridized carbons (Fsp3) is 0.238. The maximum absolute atomic E-state index is 12.3. The van der Waals surface area contributed by atoms with Gasteiger partial charge in [-0.15, -0.1) is 0 Å². The van der Waals surface area contributed by atoms with E-state index in [1.165, 1.54) is 0 Å². The Bertz CT molecular complexity index is 843. The zero-order valence-electron chi connectivity index (χ0n) is 14.9. The van der Waals surface area contributed by atoms with Crippen molar-refractivity contribution in [1.29, 1.82) is 0 Å². The summed E-state index contributed by atoms with van der Waals surface area (Å²) in [5, 5.41) is 7.30. The van der Waals surface area contributed by atoms with Gasteiger partial charge in [0.25, 0.3) is 0 Å². The van der Waals surface area contributed by atoms with Gasteiger partial charge in [-0.2, -0.15) is 5.10 Å². The maximum Gasteiger partial charge on any atom is 0.224 e. The number of nitrogens with one attached hydrogen (secondary N) is 1. The average molecular weight is 349 g/mol. The van der Waals surface area contributed by atoms with E-state index in [4.69, 9.17) is 4.74 Å². The van der Waals surface area contributed by atoms with Crippen LogP contribution in [0.4, 0.5) is 5.69 Å². The Kier molecular flexibility index (Phi) is 6.04. The van der Waals surface area contributed by atoms with Gasteiger partial charge in [0, 0.05) is 12.6 Å². The van der Waals surface area contributed by atoms with E-state index >= 15 is 0 Å². The van der Waals surface area contributed by atoms with Gasteiger partial charge in [0.2, 0.25) is 5.91 Å². The topological polar surface area (TPSA) is 56.1 Å². The molecular formula is C21H23N3O2. The van der Waals surface area contributed by atoms with Crippen LogP contribution in [0.1, 0.15) is 25.3 Å². The van der Waals surface area contributed by atoms with E-state index in [0.717, 1.165) is 17.7 Å². The molecule has 26 heavy (non-hydrogen) atoms. The van der Waals surface area contributed by atoms with Crippen LogP contribution >= 0.6 is 0 Å². The van der Waals surface area contributed by atoms with E-state index in [-0.39, 0.29) is 5.91 Å². The third kappa shape index (κ3) is 4.72. The van der Waals surface area contributed by atoms with Crippen molar-refractivity contribution < 1.29 is 9.53 Å². The molecule has 1 heterocycles. The number of benzene rings is 2. The van der Waals surface area contributed by atoms with Gasteiger partial charge < -0.3 is 10.1 Å². The Balaban J connectivity index is 1.56. The number of aryl methyl sites for hydroxylation is 1. The molecule has 134 valence electrons. The van der Waals surface area contributed by atoms with E-state index in [2.05, 4.69) is 17.3 Å². The summed E-state index contributed by atoms with van der Waals surface area (Å²) >= 11 is 0. The number of rotatable bonds is 8. The van der Waals surface area contributed by atoms with E-state index < -0.39 is 0 Å². The molecule has 0 aliphatic carbocycles. The highest BCUT2D eigenvalue weighted by atomic mass is 16.5. The molecule has 1 aromatic heterocycles.